The van der Waals surface area contributed by atoms with E-state index in [0.29, 0.717) is 13.2 Å². The highest BCUT2D eigenvalue weighted by Crippen LogP contribution is 2.53. The first kappa shape index (κ1) is 16.5. The van der Waals surface area contributed by atoms with Gasteiger partial charge in [-0.15, -0.1) is 0 Å². The van der Waals surface area contributed by atoms with Gasteiger partial charge in [0.05, 0.1) is 0 Å². The Labute approximate surface area is 139 Å². The molecule has 0 saturated carbocycles. The molecular formula is C18H26BNO3. The molecule has 5 heteroatoms. The van der Waals surface area contributed by atoms with Gasteiger partial charge in [-0.05, 0) is 44.3 Å². The van der Waals surface area contributed by atoms with Gasteiger partial charge in [0.2, 0.25) is 5.91 Å². The molecule has 0 atom stereocenters. The van der Waals surface area contributed by atoms with E-state index in [9.17, 15) is 4.79 Å². The second kappa shape index (κ2) is 5.95. The van der Waals surface area contributed by atoms with Gasteiger partial charge >= 0.3 is 6.92 Å². The normalized spacial score (nSPS) is 23.2. The number of amides is 1. The zero-order chi connectivity index (χ0) is 16.7. The molecule has 0 bridgehead atoms. The molecule has 0 radical (unpaired) electrons. The highest BCUT2D eigenvalue weighted by atomic mass is 16.5. The SMILES string of the molecule is CC1(C)OB(c2cccc(NC(=O)C3CCOCC3)c2)C1(C)C. The van der Waals surface area contributed by atoms with E-state index in [0.717, 1.165) is 24.0 Å². The van der Waals surface area contributed by atoms with Crippen LogP contribution in [0.15, 0.2) is 24.3 Å². The first-order valence-electron chi connectivity index (χ1n) is 8.48. The summed E-state index contributed by atoms with van der Waals surface area (Å²) in [6, 6.07) is 8.04. The minimum absolute atomic E-state index is 0.0581. The van der Waals surface area contributed by atoms with Gasteiger partial charge in [-0.25, -0.2) is 0 Å². The maximum Gasteiger partial charge on any atom is 0.335 e. The van der Waals surface area contributed by atoms with Crippen molar-refractivity contribution >= 4 is 24.0 Å². The minimum atomic E-state index is -0.126. The lowest BCUT2D eigenvalue weighted by molar-refractivity contribution is -0.122. The lowest BCUT2D eigenvalue weighted by atomic mass is 9.33. The Kier molecular flexibility index (Phi) is 4.28. The zero-order valence-corrected chi connectivity index (χ0v) is 14.5. The van der Waals surface area contributed by atoms with Crippen molar-refractivity contribution in [2.75, 3.05) is 18.5 Å². The third kappa shape index (κ3) is 3.04. The summed E-state index contributed by atoms with van der Waals surface area (Å²) in [5.74, 6) is 0.155. The molecule has 1 aromatic carbocycles. The van der Waals surface area contributed by atoms with Crippen LogP contribution in [0.3, 0.4) is 0 Å². The van der Waals surface area contributed by atoms with Crippen LogP contribution in [-0.2, 0) is 14.2 Å². The monoisotopic (exact) mass is 315 g/mol. The Hall–Kier alpha value is -1.33. The van der Waals surface area contributed by atoms with Crippen LogP contribution in [-0.4, -0.2) is 31.6 Å². The number of carbonyl (C=O) groups is 1. The van der Waals surface area contributed by atoms with Gasteiger partial charge in [0, 0.05) is 35.7 Å². The van der Waals surface area contributed by atoms with Gasteiger partial charge < -0.3 is 14.7 Å². The fourth-order valence-electron chi connectivity index (χ4n) is 3.32. The second-order valence-corrected chi connectivity index (χ2v) is 7.73. The third-order valence-corrected chi connectivity index (χ3v) is 5.67. The molecule has 23 heavy (non-hydrogen) atoms. The standard InChI is InChI=1S/C18H26BNO3/c1-17(2)18(3,4)23-19(17)14-6-5-7-15(12-14)20-16(21)13-8-10-22-11-9-13/h5-7,12-13H,8-11H2,1-4H3,(H,20,21). The molecule has 2 heterocycles. The summed E-state index contributed by atoms with van der Waals surface area (Å²) < 4.78 is 11.4. The third-order valence-electron chi connectivity index (χ3n) is 5.67. The summed E-state index contributed by atoms with van der Waals surface area (Å²) in [7, 11) is 0. The zero-order valence-electron chi connectivity index (χ0n) is 14.5. The van der Waals surface area contributed by atoms with E-state index < -0.39 is 0 Å². The van der Waals surface area contributed by atoms with Crippen LogP contribution in [0.1, 0.15) is 40.5 Å². The van der Waals surface area contributed by atoms with Crippen LogP contribution in [0.25, 0.3) is 0 Å². The first-order chi connectivity index (χ1) is 10.8. The molecule has 2 fully saturated rings. The topological polar surface area (TPSA) is 47.6 Å². The van der Waals surface area contributed by atoms with Crippen molar-refractivity contribution < 1.29 is 14.2 Å². The molecule has 2 saturated heterocycles. The number of carbonyl (C=O) groups excluding carboxylic acids is 1. The Balaban J connectivity index is 1.70. The van der Waals surface area contributed by atoms with Crippen molar-refractivity contribution in [3.8, 4) is 0 Å². The fraction of sp³-hybridized carbons (Fsp3) is 0.611. The molecule has 1 aromatic rings. The molecule has 1 amide bonds. The van der Waals surface area contributed by atoms with Gasteiger partial charge in [0.25, 0.3) is 0 Å². The van der Waals surface area contributed by atoms with Crippen molar-refractivity contribution in [1.82, 2.24) is 0 Å². The molecule has 2 aliphatic heterocycles. The Morgan fingerprint density at radius 3 is 2.52 bits per heavy atom. The Morgan fingerprint density at radius 2 is 1.91 bits per heavy atom. The van der Waals surface area contributed by atoms with Crippen molar-refractivity contribution in [3.63, 3.8) is 0 Å². The van der Waals surface area contributed by atoms with E-state index >= 15 is 0 Å². The summed E-state index contributed by atoms with van der Waals surface area (Å²) in [5, 5.41) is 3.12. The smallest absolute Gasteiger partial charge is 0.335 e. The lowest BCUT2D eigenvalue weighted by Gasteiger charge is -2.57. The van der Waals surface area contributed by atoms with Crippen molar-refractivity contribution in [1.29, 1.82) is 0 Å². The number of ether oxygens (including phenoxy) is 1. The number of hydrogen-bond donors (Lipinski definition) is 1. The van der Waals surface area contributed by atoms with Crippen LogP contribution < -0.4 is 10.8 Å². The van der Waals surface area contributed by atoms with Crippen molar-refractivity contribution in [2.45, 2.75) is 51.5 Å². The van der Waals surface area contributed by atoms with E-state index in [1.54, 1.807) is 0 Å². The summed E-state index contributed by atoms with van der Waals surface area (Å²) in [5.41, 5.74) is 1.85. The molecule has 4 nitrogen and oxygen atoms in total. The number of benzene rings is 1. The van der Waals surface area contributed by atoms with Crippen LogP contribution in [0.4, 0.5) is 5.69 Å². The highest BCUT2D eigenvalue weighted by Gasteiger charge is 2.59. The molecule has 0 aromatic heterocycles. The molecule has 124 valence electrons. The minimum Gasteiger partial charge on any atom is -0.425 e. The van der Waals surface area contributed by atoms with Crippen LogP contribution in [0, 0.1) is 5.92 Å². The van der Waals surface area contributed by atoms with Gasteiger partial charge in [-0.3, -0.25) is 4.79 Å². The average Bonchev–Trinajstić information content (AvgIpc) is 2.53. The molecule has 1 N–H and O–H groups in total. The maximum atomic E-state index is 12.4. The summed E-state index contributed by atoms with van der Waals surface area (Å²) in [6.45, 7) is 10.1. The molecule has 2 aliphatic rings. The van der Waals surface area contributed by atoms with E-state index in [4.69, 9.17) is 9.39 Å². The average molecular weight is 315 g/mol. The molecule has 0 spiro atoms. The second-order valence-electron chi connectivity index (χ2n) is 7.73. The predicted octanol–water partition coefficient (Wildman–Crippen LogP) is 2.84. The summed E-state index contributed by atoms with van der Waals surface area (Å²) >= 11 is 0. The van der Waals surface area contributed by atoms with Crippen molar-refractivity contribution in [2.24, 2.45) is 5.92 Å². The van der Waals surface area contributed by atoms with Gasteiger partial charge in [0.15, 0.2) is 0 Å². The van der Waals surface area contributed by atoms with Crippen LogP contribution in [0.5, 0.6) is 0 Å². The number of anilines is 1. The van der Waals surface area contributed by atoms with Crippen molar-refractivity contribution in [3.05, 3.63) is 24.3 Å². The predicted molar refractivity (Wildman–Crippen MR) is 93.2 cm³/mol. The van der Waals surface area contributed by atoms with Gasteiger partial charge in [0.1, 0.15) is 0 Å². The number of nitrogens with one attached hydrogen (secondary N) is 1. The summed E-state index contributed by atoms with van der Waals surface area (Å²) in [6.07, 6.45) is 1.61. The highest BCUT2D eigenvalue weighted by molar-refractivity contribution is 6.73. The first-order valence-corrected chi connectivity index (χ1v) is 8.48. The van der Waals surface area contributed by atoms with Gasteiger partial charge in [-0.2, -0.15) is 0 Å². The van der Waals surface area contributed by atoms with Gasteiger partial charge in [-0.1, -0.05) is 26.0 Å². The number of rotatable bonds is 3. The maximum absolute atomic E-state index is 12.4. The molecule has 0 unspecified atom stereocenters. The Morgan fingerprint density at radius 1 is 1.22 bits per heavy atom. The lowest BCUT2D eigenvalue weighted by Crippen LogP contribution is -2.66. The quantitative estimate of drug-likeness (QED) is 0.873. The van der Waals surface area contributed by atoms with E-state index in [-0.39, 0.29) is 29.7 Å². The van der Waals surface area contributed by atoms with E-state index in [1.165, 1.54) is 0 Å². The Bertz CT molecular complexity index is 594. The fourth-order valence-corrected chi connectivity index (χ4v) is 3.32. The summed E-state index contributed by atoms with van der Waals surface area (Å²) in [4.78, 5) is 12.4. The molecule has 3 rings (SSSR count). The molecule has 0 aliphatic carbocycles. The van der Waals surface area contributed by atoms with Crippen LogP contribution >= 0.6 is 0 Å². The molecular weight excluding hydrogens is 289 g/mol. The largest absolute Gasteiger partial charge is 0.425 e. The van der Waals surface area contributed by atoms with Crippen LogP contribution in [0.2, 0.25) is 5.31 Å². The number of hydrogen-bond acceptors (Lipinski definition) is 3. The van der Waals surface area contributed by atoms with E-state index in [2.05, 4.69) is 39.1 Å². The van der Waals surface area contributed by atoms with E-state index in [1.807, 2.05) is 18.2 Å².